The van der Waals surface area contributed by atoms with Crippen LogP contribution in [0.3, 0.4) is 0 Å². The van der Waals surface area contributed by atoms with Crippen molar-refractivity contribution in [2.24, 2.45) is 5.92 Å². The maximum absolute atomic E-state index is 5.76. The van der Waals surface area contributed by atoms with Crippen LogP contribution in [0.1, 0.15) is 63.1 Å². The van der Waals surface area contributed by atoms with E-state index in [1.807, 2.05) is 13.1 Å². The number of methoxy groups -OCH3 is 1. The van der Waals surface area contributed by atoms with Crippen molar-refractivity contribution in [1.29, 1.82) is 0 Å². The first-order valence-electron chi connectivity index (χ1n) is 7.86. The van der Waals surface area contributed by atoms with Crippen molar-refractivity contribution in [2.45, 2.75) is 58.0 Å². The molecule has 2 rings (SSSR count). The first-order chi connectivity index (χ1) is 9.78. The Balaban J connectivity index is 2.24. The summed E-state index contributed by atoms with van der Waals surface area (Å²) in [6.07, 6.45) is 8.55. The van der Waals surface area contributed by atoms with E-state index < -0.39 is 0 Å². The molecule has 4 heteroatoms. The zero-order valence-electron chi connectivity index (χ0n) is 13.0. The summed E-state index contributed by atoms with van der Waals surface area (Å²) >= 11 is 0. The predicted molar refractivity (Wildman–Crippen MR) is 81.9 cm³/mol. The lowest BCUT2D eigenvalue weighted by Gasteiger charge is -2.28. The normalized spacial score (nSPS) is 17.9. The van der Waals surface area contributed by atoms with E-state index in [9.17, 15) is 0 Å². The standard InChI is InChI=1S/C16H27N3O/c1-4-8-13-11-14(17-2)19-16(18-13)15(20-3)12-9-6-5-7-10-12/h11-12,15H,4-10H2,1-3H3,(H,17,18,19). The molecular weight excluding hydrogens is 250 g/mol. The number of anilines is 1. The summed E-state index contributed by atoms with van der Waals surface area (Å²) in [5.41, 5.74) is 1.11. The van der Waals surface area contributed by atoms with E-state index in [1.165, 1.54) is 32.1 Å². The van der Waals surface area contributed by atoms with Crippen LogP contribution in [0, 0.1) is 5.92 Å². The average Bonchev–Trinajstić information content (AvgIpc) is 2.49. The van der Waals surface area contributed by atoms with Crippen LogP contribution in [-0.2, 0) is 11.2 Å². The van der Waals surface area contributed by atoms with Gasteiger partial charge >= 0.3 is 0 Å². The molecule has 1 aliphatic rings. The fourth-order valence-electron chi connectivity index (χ4n) is 3.10. The Labute approximate surface area is 122 Å². The zero-order valence-corrected chi connectivity index (χ0v) is 13.0. The topological polar surface area (TPSA) is 47.0 Å². The van der Waals surface area contributed by atoms with E-state index >= 15 is 0 Å². The number of aromatic nitrogens is 2. The SMILES string of the molecule is CCCc1cc(NC)nc(C(OC)C2CCCCC2)n1. The van der Waals surface area contributed by atoms with Gasteiger partial charge < -0.3 is 10.1 Å². The first kappa shape index (κ1) is 15.2. The molecule has 20 heavy (non-hydrogen) atoms. The lowest BCUT2D eigenvalue weighted by Crippen LogP contribution is -2.21. The fraction of sp³-hybridized carbons (Fsp3) is 0.750. The number of hydrogen-bond donors (Lipinski definition) is 1. The highest BCUT2D eigenvalue weighted by molar-refractivity contribution is 5.35. The molecule has 0 aromatic carbocycles. The Morgan fingerprint density at radius 1 is 1.30 bits per heavy atom. The Bertz CT molecular complexity index is 416. The van der Waals surface area contributed by atoms with Crippen LogP contribution in [0.4, 0.5) is 5.82 Å². The van der Waals surface area contributed by atoms with Crippen LogP contribution in [-0.4, -0.2) is 24.1 Å². The maximum Gasteiger partial charge on any atom is 0.159 e. The molecule has 0 aliphatic heterocycles. The minimum Gasteiger partial charge on any atom is -0.373 e. The molecule has 112 valence electrons. The third-order valence-corrected chi connectivity index (χ3v) is 4.15. The Hall–Kier alpha value is -1.16. The third kappa shape index (κ3) is 3.69. The summed E-state index contributed by atoms with van der Waals surface area (Å²) in [6.45, 7) is 2.18. The van der Waals surface area contributed by atoms with E-state index in [1.54, 1.807) is 7.11 Å². The number of hydrogen-bond acceptors (Lipinski definition) is 4. The molecule has 1 unspecified atom stereocenters. The molecule has 0 spiro atoms. The van der Waals surface area contributed by atoms with Crippen molar-refractivity contribution >= 4 is 5.82 Å². The van der Waals surface area contributed by atoms with Gasteiger partial charge in [-0.3, -0.25) is 0 Å². The van der Waals surface area contributed by atoms with E-state index in [0.717, 1.165) is 30.2 Å². The molecule has 0 radical (unpaired) electrons. The molecule has 1 saturated carbocycles. The van der Waals surface area contributed by atoms with Crippen molar-refractivity contribution in [3.8, 4) is 0 Å². The molecule has 1 aromatic heterocycles. The van der Waals surface area contributed by atoms with Crippen molar-refractivity contribution in [3.63, 3.8) is 0 Å². The molecule has 4 nitrogen and oxygen atoms in total. The summed E-state index contributed by atoms with van der Waals surface area (Å²) in [5.74, 6) is 2.32. The smallest absolute Gasteiger partial charge is 0.159 e. The molecule has 1 atom stereocenters. The highest BCUT2D eigenvalue weighted by Gasteiger charge is 2.27. The van der Waals surface area contributed by atoms with Crippen molar-refractivity contribution in [3.05, 3.63) is 17.6 Å². The number of aryl methyl sites for hydroxylation is 1. The van der Waals surface area contributed by atoms with Crippen molar-refractivity contribution in [2.75, 3.05) is 19.5 Å². The summed E-state index contributed by atoms with van der Waals surface area (Å²) in [7, 11) is 3.69. The van der Waals surface area contributed by atoms with Gasteiger partial charge in [0.25, 0.3) is 0 Å². The highest BCUT2D eigenvalue weighted by Crippen LogP contribution is 2.35. The number of ether oxygens (including phenoxy) is 1. The minimum atomic E-state index is 0.0409. The van der Waals surface area contributed by atoms with Gasteiger partial charge in [0.05, 0.1) is 0 Å². The van der Waals surface area contributed by atoms with Gasteiger partial charge in [-0.15, -0.1) is 0 Å². The van der Waals surface area contributed by atoms with Crippen LogP contribution in [0.15, 0.2) is 6.07 Å². The van der Waals surface area contributed by atoms with E-state index in [4.69, 9.17) is 9.72 Å². The summed E-state index contributed by atoms with van der Waals surface area (Å²) in [6, 6.07) is 2.04. The quantitative estimate of drug-likeness (QED) is 0.860. The monoisotopic (exact) mass is 277 g/mol. The van der Waals surface area contributed by atoms with Crippen LogP contribution in [0.2, 0.25) is 0 Å². The highest BCUT2D eigenvalue weighted by atomic mass is 16.5. The van der Waals surface area contributed by atoms with Gasteiger partial charge in [0, 0.05) is 25.9 Å². The van der Waals surface area contributed by atoms with Crippen molar-refractivity contribution < 1.29 is 4.74 Å². The molecule has 1 fully saturated rings. The second-order valence-corrected chi connectivity index (χ2v) is 5.66. The second-order valence-electron chi connectivity index (χ2n) is 5.66. The van der Waals surface area contributed by atoms with E-state index in [2.05, 4.69) is 17.2 Å². The summed E-state index contributed by atoms with van der Waals surface area (Å²) in [4.78, 5) is 9.37. The van der Waals surface area contributed by atoms with E-state index in [-0.39, 0.29) is 6.10 Å². The van der Waals surface area contributed by atoms with Gasteiger partial charge in [-0.2, -0.15) is 0 Å². The summed E-state index contributed by atoms with van der Waals surface area (Å²) in [5, 5.41) is 3.14. The lowest BCUT2D eigenvalue weighted by atomic mass is 9.85. The molecule has 1 aliphatic carbocycles. The number of rotatable bonds is 6. The Kier molecular flexibility index (Phi) is 5.77. The molecular formula is C16H27N3O. The second kappa shape index (κ2) is 7.58. The molecule has 0 bridgehead atoms. The third-order valence-electron chi connectivity index (χ3n) is 4.15. The van der Waals surface area contributed by atoms with Crippen LogP contribution in [0.5, 0.6) is 0 Å². The first-order valence-corrected chi connectivity index (χ1v) is 7.86. The predicted octanol–water partition coefficient (Wildman–Crippen LogP) is 3.74. The summed E-state index contributed by atoms with van der Waals surface area (Å²) < 4.78 is 5.76. The Morgan fingerprint density at radius 3 is 2.65 bits per heavy atom. The van der Waals surface area contributed by atoms with Crippen LogP contribution in [0.25, 0.3) is 0 Å². The van der Waals surface area contributed by atoms with Crippen LogP contribution < -0.4 is 5.32 Å². The number of nitrogens with one attached hydrogen (secondary N) is 1. The molecule has 1 aromatic rings. The molecule has 1 N–H and O–H groups in total. The maximum atomic E-state index is 5.76. The molecule has 0 saturated heterocycles. The van der Waals surface area contributed by atoms with E-state index in [0.29, 0.717) is 5.92 Å². The molecule has 1 heterocycles. The zero-order chi connectivity index (χ0) is 14.4. The van der Waals surface area contributed by atoms with Gasteiger partial charge in [-0.05, 0) is 25.2 Å². The van der Waals surface area contributed by atoms with Gasteiger partial charge in [-0.25, -0.2) is 9.97 Å². The average molecular weight is 277 g/mol. The van der Waals surface area contributed by atoms with Crippen molar-refractivity contribution in [1.82, 2.24) is 9.97 Å². The number of nitrogens with zero attached hydrogens (tertiary/aromatic N) is 2. The minimum absolute atomic E-state index is 0.0409. The fourth-order valence-corrected chi connectivity index (χ4v) is 3.10. The van der Waals surface area contributed by atoms with Gasteiger partial charge in [-0.1, -0.05) is 32.6 Å². The van der Waals surface area contributed by atoms with Gasteiger partial charge in [0.2, 0.25) is 0 Å². The Morgan fingerprint density at radius 2 is 2.05 bits per heavy atom. The molecule has 0 amide bonds. The lowest BCUT2D eigenvalue weighted by molar-refractivity contribution is 0.0288. The van der Waals surface area contributed by atoms with Gasteiger partial charge in [0.15, 0.2) is 5.82 Å². The van der Waals surface area contributed by atoms with Crippen LogP contribution >= 0.6 is 0 Å². The largest absolute Gasteiger partial charge is 0.373 e. The van der Waals surface area contributed by atoms with Gasteiger partial charge in [0.1, 0.15) is 11.9 Å².